The third kappa shape index (κ3) is 9.38. The zero-order valence-corrected chi connectivity index (χ0v) is 25.7. The van der Waals surface area contributed by atoms with Crippen LogP contribution in [-0.4, -0.2) is 29.6 Å². The Hall–Kier alpha value is -4.24. The normalized spacial score (nSPS) is 11.8. The number of amides is 3. The van der Waals surface area contributed by atoms with Crippen molar-refractivity contribution in [1.29, 1.82) is 0 Å². The van der Waals surface area contributed by atoms with Crippen LogP contribution in [-0.2, 0) is 9.59 Å². The van der Waals surface area contributed by atoms with Gasteiger partial charge in [0.2, 0.25) is 5.91 Å². The number of rotatable bonds is 11. The fourth-order valence-electron chi connectivity index (χ4n) is 3.96. The molecule has 0 radical (unpaired) electrons. The van der Waals surface area contributed by atoms with Gasteiger partial charge in [-0.25, -0.2) is 0 Å². The highest BCUT2D eigenvalue weighted by atomic mass is 35.5. The van der Waals surface area contributed by atoms with Crippen LogP contribution >= 0.6 is 35.0 Å². The van der Waals surface area contributed by atoms with Gasteiger partial charge in [-0.2, -0.15) is 0 Å². The number of ether oxygens (including phenoxy) is 1. The Kier molecular flexibility index (Phi) is 11.3. The van der Waals surface area contributed by atoms with Gasteiger partial charge in [-0.3, -0.25) is 14.4 Å². The molecule has 3 N–H and O–H groups in total. The van der Waals surface area contributed by atoms with Gasteiger partial charge in [0.15, 0.2) is 0 Å². The summed E-state index contributed by atoms with van der Waals surface area (Å²) in [4.78, 5) is 40.1. The molecule has 1 atom stereocenters. The van der Waals surface area contributed by atoms with Crippen LogP contribution in [0.15, 0.2) is 108 Å². The molecule has 4 aromatic rings. The summed E-state index contributed by atoms with van der Waals surface area (Å²) in [7, 11) is 0. The van der Waals surface area contributed by atoms with Gasteiger partial charge in [0.25, 0.3) is 11.8 Å². The lowest BCUT2D eigenvalue weighted by molar-refractivity contribution is -0.115. The Morgan fingerprint density at radius 3 is 2.26 bits per heavy atom. The summed E-state index contributed by atoms with van der Waals surface area (Å²) < 4.78 is 5.71. The maximum atomic E-state index is 13.5. The molecule has 0 bridgehead atoms. The predicted molar refractivity (Wildman–Crippen MR) is 175 cm³/mol. The monoisotopic (exact) mass is 633 g/mol. The number of carbonyl (C=O) groups is 3. The van der Waals surface area contributed by atoms with Crippen molar-refractivity contribution < 1.29 is 19.1 Å². The first-order valence-corrected chi connectivity index (χ1v) is 15.0. The minimum absolute atomic E-state index is 0.0343. The first-order valence-electron chi connectivity index (χ1n) is 13.4. The molecule has 3 amide bonds. The molecule has 1 unspecified atom stereocenters. The maximum absolute atomic E-state index is 13.5. The van der Waals surface area contributed by atoms with Gasteiger partial charge in [0.05, 0.1) is 11.9 Å². The van der Waals surface area contributed by atoms with Crippen LogP contribution in [0.3, 0.4) is 0 Å². The van der Waals surface area contributed by atoms with Crippen LogP contribution in [0.4, 0.5) is 11.4 Å². The highest BCUT2D eigenvalue weighted by Gasteiger charge is 2.18. The second-order valence-corrected chi connectivity index (χ2v) is 11.5. The third-order valence-electron chi connectivity index (χ3n) is 5.95. The van der Waals surface area contributed by atoms with E-state index in [0.29, 0.717) is 44.9 Å². The molecular formula is C33H29Cl2N3O4S. The van der Waals surface area contributed by atoms with E-state index in [2.05, 4.69) is 16.0 Å². The van der Waals surface area contributed by atoms with E-state index in [1.54, 1.807) is 91.9 Å². The number of carbonyl (C=O) groups excluding carboxylic acids is 3. The summed E-state index contributed by atoms with van der Waals surface area (Å²) in [5, 5.41) is 8.78. The van der Waals surface area contributed by atoms with Crippen LogP contribution in [0.5, 0.6) is 5.75 Å². The predicted octanol–water partition coefficient (Wildman–Crippen LogP) is 7.92. The average Bonchev–Trinajstić information content (AvgIpc) is 2.98. The van der Waals surface area contributed by atoms with Gasteiger partial charge < -0.3 is 20.7 Å². The highest BCUT2D eigenvalue weighted by molar-refractivity contribution is 8.00. The van der Waals surface area contributed by atoms with Gasteiger partial charge in [-0.15, -0.1) is 11.8 Å². The van der Waals surface area contributed by atoms with Crippen LogP contribution in [0.2, 0.25) is 10.0 Å². The lowest BCUT2D eigenvalue weighted by Gasteiger charge is -2.15. The SMILES string of the molecule is CCOc1ccccc1/C=C(/NC(=O)c1ccccc1)C(=O)Nc1cccc(SC(C)C(=O)Nc2cc(Cl)cc(Cl)c2)c1. The van der Waals surface area contributed by atoms with Crippen molar-refractivity contribution >= 4 is 70.1 Å². The van der Waals surface area contributed by atoms with Gasteiger partial charge in [-0.05, 0) is 74.5 Å². The number of thioether (sulfide) groups is 1. The number of hydrogen-bond donors (Lipinski definition) is 3. The number of anilines is 2. The molecule has 0 saturated carbocycles. The molecule has 0 spiro atoms. The summed E-state index contributed by atoms with van der Waals surface area (Å²) in [6.07, 6.45) is 1.58. The van der Waals surface area contributed by atoms with Crippen molar-refractivity contribution in [2.75, 3.05) is 17.2 Å². The first kappa shape index (κ1) is 31.7. The minimum atomic E-state index is -0.527. The first-order chi connectivity index (χ1) is 20.7. The van der Waals surface area contributed by atoms with Crippen LogP contribution in [0, 0.1) is 0 Å². The number of benzene rings is 4. The van der Waals surface area contributed by atoms with Crippen LogP contribution in [0.25, 0.3) is 6.08 Å². The van der Waals surface area contributed by atoms with Crippen molar-refractivity contribution in [2.24, 2.45) is 0 Å². The van der Waals surface area contributed by atoms with E-state index in [-0.39, 0.29) is 11.6 Å². The van der Waals surface area contributed by atoms with Crippen molar-refractivity contribution in [3.8, 4) is 5.75 Å². The van der Waals surface area contributed by atoms with E-state index in [4.69, 9.17) is 27.9 Å². The van der Waals surface area contributed by atoms with E-state index < -0.39 is 17.1 Å². The largest absolute Gasteiger partial charge is 0.493 e. The Morgan fingerprint density at radius 1 is 0.837 bits per heavy atom. The quantitative estimate of drug-likeness (QED) is 0.115. The zero-order chi connectivity index (χ0) is 30.8. The van der Waals surface area contributed by atoms with Gasteiger partial charge >= 0.3 is 0 Å². The van der Waals surface area contributed by atoms with Gasteiger partial charge in [-0.1, -0.05) is 65.7 Å². The number of para-hydroxylation sites is 1. The standard InChI is InChI=1S/C33H29Cl2N3O4S/c1-3-42-30-15-8-7-12-23(30)16-29(38-32(40)22-10-5-4-6-11-22)33(41)36-26-13-9-14-28(20-26)43-21(2)31(39)37-27-18-24(34)17-25(35)19-27/h4-21H,3H2,1-2H3,(H,36,41)(H,37,39)(H,38,40)/b29-16+. The maximum Gasteiger partial charge on any atom is 0.272 e. The number of hydrogen-bond acceptors (Lipinski definition) is 5. The lowest BCUT2D eigenvalue weighted by atomic mass is 10.1. The molecule has 0 aromatic heterocycles. The Bertz CT molecular complexity index is 1630. The Balaban J connectivity index is 1.51. The van der Waals surface area contributed by atoms with Crippen molar-refractivity contribution in [1.82, 2.24) is 5.32 Å². The van der Waals surface area contributed by atoms with E-state index in [9.17, 15) is 14.4 Å². The van der Waals surface area contributed by atoms with Crippen LogP contribution in [0.1, 0.15) is 29.8 Å². The molecule has 0 saturated heterocycles. The van der Waals surface area contributed by atoms with Crippen molar-refractivity contribution in [2.45, 2.75) is 24.0 Å². The summed E-state index contributed by atoms with van der Waals surface area (Å²) in [5.41, 5.74) is 2.06. The summed E-state index contributed by atoms with van der Waals surface area (Å²) in [5.74, 6) is -0.614. The van der Waals surface area contributed by atoms with Gasteiger partial charge in [0, 0.05) is 37.4 Å². The second kappa shape index (κ2) is 15.3. The molecule has 4 aromatic carbocycles. The Labute approximate surface area is 264 Å². The fraction of sp³-hybridized carbons (Fsp3) is 0.121. The van der Waals surface area contributed by atoms with Gasteiger partial charge in [0.1, 0.15) is 11.4 Å². The average molecular weight is 635 g/mol. The Morgan fingerprint density at radius 2 is 1.53 bits per heavy atom. The molecule has 43 heavy (non-hydrogen) atoms. The fourth-order valence-corrected chi connectivity index (χ4v) is 5.41. The topological polar surface area (TPSA) is 96.5 Å². The third-order valence-corrected chi connectivity index (χ3v) is 7.48. The number of nitrogens with one attached hydrogen (secondary N) is 3. The molecule has 0 heterocycles. The van der Waals surface area contributed by atoms with E-state index >= 15 is 0 Å². The summed E-state index contributed by atoms with van der Waals surface area (Å²) >= 11 is 13.4. The molecule has 7 nitrogen and oxygen atoms in total. The van der Waals surface area contributed by atoms with E-state index in [1.807, 2.05) is 25.1 Å². The smallest absolute Gasteiger partial charge is 0.272 e. The lowest BCUT2D eigenvalue weighted by Crippen LogP contribution is -2.30. The van der Waals surface area contributed by atoms with E-state index in [1.165, 1.54) is 11.8 Å². The zero-order valence-electron chi connectivity index (χ0n) is 23.4. The highest BCUT2D eigenvalue weighted by Crippen LogP contribution is 2.28. The van der Waals surface area contributed by atoms with E-state index in [0.717, 1.165) is 4.90 Å². The summed E-state index contributed by atoms with van der Waals surface area (Å²) in [6, 6.07) is 27.8. The minimum Gasteiger partial charge on any atom is -0.493 e. The van der Waals surface area contributed by atoms with Crippen LogP contribution < -0.4 is 20.7 Å². The molecule has 0 aliphatic heterocycles. The molecule has 0 aliphatic rings. The number of halogens is 2. The molecule has 0 fully saturated rings. The molecule has 4 rings (SSSR count). The van der Waals surface area contributed by atoms with Crippen molar-refractivity contribution in [3.63, 3.8) is 0 Å². The molecule has 220 valence electrons. The molecular weight excluding hydrogens is 605 g/mol. The second-order valence-electron chi connectivity index (χ2n) is 9.24. The van der Waals surface area contributed by atoms with Crippen molar-refractivity contribution in [3.05, 3.63) is 124 Å². The summed E-state index contributed by atoms with van der Waals surface area (Å²) in [6.45, 7) is 4.08. The molecule has 10 heteroatoms. The molecule has 0 aliphatic carbocycles.